The van der Waals surface area contributed by atoms with Crippen molar-refractivity contribution >= 4 is 45.9 Å². The van der Waals surface area contributed by atoms with Gasteiger partial charge in [0.1, 0.15) is 5.82 Å². The molecule has 0 aliphatic heterocycles. The van der Waals surface area contributed by atoms with Crippen molar-refractivity contribution in [3.63, 3.8) is 0 Å². The average molecular weight is 498 g/mol. The Labute approximate surface area is 152 Å². The molecule has 1 rings (SSSR count). The largest absolute Gasteiger partial charge is 0.390 e. The van der Waals surface area contributed by atoms with E-state index in [4.69, 9.17) is 0 Å². The second kappa shape index (κ2) is 10.2. The van der Waals surface area contributed by atoms with Gasteiger partial charge < -0.3 is 10.6 Å². The zero-order chi connectivity index (χ0) is 15.9. The van der Waals surface area contributed by atoms with Crippen molar-refractivity contribution < 1.29 is 17.6 Å². The first-order chi connectivity index (χ1) is 9.81. The Morgan fingerprint density at radius 1 is 1.23 bits per heavy atom. The number of alkyl halides is 3. The first-order valence-electron chi connectivity index (χ1n) is 6.27. The molecule has 22 heavy (non-hydrogen) atoms. The minimum atomic E-state index is -4.19. The van der Waals surface area contributed by atoms with Crippen LogP contribution in [0.1, 0.15) is 12.0 Å². The standard InChI is InChI=1S/C13H16BrF4N3.HI/c1-19-12(21-7-5-13(16,17)18)20-6-4-9-2-3-11(15)10(14)8-9;/h2-3,8H,4-7H2,1H3,(H2,19,20,21);1H. The van der Waals surface area contributed by atoms with Gasteiger partial charge in [-0.3, -0.25) is 4.99 Å². The van der Waals surface area contributed by atoms with E-state index in [-0.39, 0.29) is 36.3 Å². The molecule has 0 bridgehead atoms. The number of benzene rings is 1. The van der Waals surface area contributed by atoms with E-state index in [1.165, 1.54) is 13.1 Å². The third-order valence-corrected chi connectivity index (χ3v) is 3.22. The van der Waals surface area contributed by atoms with Crippen molar-refractivity contribution in [1.29, 1.82) is 0 Å². The molecule has 2 N–H and O–H groups in total. The Morgan fingerprint density at radius 2 is 1.86 bits per heavy atom. The fourth-order valence-electron chi connectivity index (χ4n) is 1.56. The molecule has 0 atom stereocenters. The van der Waals surface area contributed by atoms with Gasteiger partial charge in [-0.15, -0.1) is 24.0 Å². The summed E-state index contributed by atoms with van der Waals surface area (Å²) in [5, 5.41) is 5.48. The van der Waals surface area contributed by atoms with Gasteiger partial charge in [0.25, 0.3) is 0 Å². The predicted octanol–water partition coefficient (Wildman–Crippen LogP) is 3.87. The summed E-state index contributed by atoms with van der Waals surface area (Å²) >= 11 is 3.10. The molecule has 0 unspecified atom stereocenters. The van der Waals surface area contributed by atoms with Gasteiger partial charge >= 0.3 is 6.18 Å². The zero-order valence-electron chi connectivity index (χ0n) is 11.8. The molecule has 1 aromatic carbocycles. The monoisotopic (exact) mass is 497 g/mol. The summed E-state index contributed by atoms with van der Waals surface area (Å²) in [6.07, 6.45) is -4.51. The van der Waals surface area contributed by atoms with Gasteiger partial charge in [0.15, 0.2) is 5.96 Å². The lowest BCUT2D eigenvalue weighted by atomic mass is 10.1. The van der Waals surface area contributed by atoms with Crippen LogP contribution in [0.25, 0.3) is 0 Å². The van der Waals surface area contributed by atoms with E-state index in [1.54, 1.807) is 12.1 Å². The van der Waals surface area contributed by atoms with E-state index in [2.05, 4.69) is 31.6 Å². The smallest absolute Gasteiger partial charge is 0.356 e. The number of nitrogens with zero attached hydrogens (tertiary/aromatic N) is 1. The van der Waals surface area contributed by atoms with E-state index >= 15 is 0 Å². The second-order valence-corrected chi connectivity index (χ2v) is 5.14. The normalized spacial score (nSPS) is 11.8. The molecule has 0 aliphatic rings. The van der Waals surface area contributed by atoms with Crippen LogP contribution in [0.5, 0.6) is 0 Å². The van der Waals surface area contributed by atoms with Crippen LogP contribution in [-0.4, -0.2) is 32.3 Å². The highest BCUT2D eigenvalue weighted by Crippen LogP contribution is 2.18. The van der Waals surface area contributed by atoms with Crippen LogP contribution in [-0.2, 0) is 6.42 Å². The number of guanidine groups is 1. The molecule has 0 saturated heterocycles. The van der Waals surface area contributed by atoms with Gasteiger partial charge in [-0.2, -0.15) is 13.2 Å². The summed E-state index contributed by atoms with van der Waals surface area (Å²) in [4.78, 5) is 3.83. The molecule has 0 amide bonds. The Kier molecular flexibility index (Phi) is 9.97. The van der Waals surface area contributed by atoms with Crippen LogP contribution in [0.2, 0.25) is 0 Å². The maximum atomic E-state index is 13.1. The number of nitrogens with one attached hydrogen (secondary N) is 2. The summed E-state index contributed by atoms with van der Waals surface area (Å²) < 4.78 is 49.5. The van der Waals surface area contributed by atoms with Crippen LogP contribution in [0.3, 0.4) is 0 Å². The highest BCUT2D eigenvalue weighted by Gasteiger charge is 2.26. The van der Waals surface area contributed by atoms with Gasteiger partial charge in [-0.1, -0.05) is 6.07 Å². The highest BCUT2D eigenvalue weighted by atomic mass is 127. The number of hydrogen-bond acceptors (Lipinski definition) is 1. The lowest BCUT2D eigenvalue weighted by molar-refractivity contribution is -0.132. The van der Waals surface area contributed by atoms with Crippen LogP contribution < -0.4 is 10.6 Å². The highest BCUT2D eigenvalue weighted by molar-refractivity contribution is 14.0. The fraction of sp³-hybridized carbons (Fsp3) is 0.462. The molecule has 0 radical (unpaired) electrons. The van der Waals surface area contributed by atoms with Gasteiger partial charge in [0, 0.05) is 20.1 Å². The van der Waals surface area contributed by atoms with E-state index in [9.17, 15) is 17.6 Å². The van der Waals surface area contributed by atoms with E-state index in [0.29, 0.717) is 23.4 Å². The molecule has 9 heteroatoms. The summed E-state index contributed by atoms with van der Waals surface area (Å²) in [5.74, 6) is -0.0308. The van der Waals surface area contributed by atoms with Crippen LogP contribution >= 0.6 is 39.9 Å². The summed E-state index contributed by atoms with van der Waals surface area (Å²) in [6, 6.07) is 4.67. The van der Waals surface area contributed by atoms with E-state index in [1.807, 2.05) is 0 Å². The maximum Gasteiger partial charge on any atom is 0.390 e. The second-order valence-electron chi connectivity index (χ2n) is 4.29. The molecular formula is C13H17BrF4IN3. The quantitative estimate of drug-likeness (QED) is 0.280. The molecule has 0 saturated carbocycles. The van der Waals surface area contributed by atoms with Crippen LogP contribution in [0.4, 0.5) is 17.6 Å². The Morgan fingerprint density at radius 3 is 2.41 bits per heavy atom. The van der Waals surface area contributed by atoms with E-state index < -0.39 is 12.6 Å². The molecule has 1 aromatic rings. The first-order valence-corrected chi connectivity index (χ1v) is 7.06. The molecule has 0 spiro atoms. The lowest BCUT2D eigenvalue weighted by Gasteiger charge is -2.13. The SMILES string of the molecule is CN=C(NCCc1ccc(F)c(Br)c1)NCCC(F)(F)F.I. The first kappa shape index (κ1) is 21.4. The topological polar surface area (TPSA) is 36.4 Å². The Bertz CT molecular complexity index is 495. The minimum Gasteiger partial charge on any atom is -0.356 e. The van der Waals surface area contributed by atoms with Crippen molar-refractivity contribution in [1.82, 2.24) is 10.6 Å². The van der Waals surface area contributed by atoms with E-state index in [0.717, 1.165) is 5.56 Å². The van der Waals surface area contributed by atoms with Crippen molar-refractivity contribution in [2.75, 3.05) is 20.1 Å². The average Bonchev–Trinajstić information content (AvgIpc) is 2.39. The van der Waals surface area contributed by atoms with Crippen molar-refractivity contribution in [2.45, 2.75) is 19.0 Å². The molecule has 126 valence electrons. The third kappa shape index (κ3) is 8.76. The van der Waals surface area contributed by atoms with Crippen LogP contribution in [0, 0.1) is 5.82 Å². The fourth-order valence-corrected chi connectivity index (χ4v) is 1.99. The lowest BCUT2D eigenvalue weighted by Crippen LogP contribution is -2.39. The van der Waals surface area contributed by atoms with Crippen molar-refractivity contribution in [3.05, 3.63) is 34.1 Å². The molecular weight excluding hydrogens is 481 g/mol. The summed E-state index contributed by atoms with van der Waals surface area (Å²) in [7, 11) is 1.48. The predicted molar refractivity (Wildman–Crippen MR) is 93.3 cm³/mol. The number of hydrogen-bond donors (Lipinski definition) is 2. The molecule has 0 aromatic heterocycles. The maximum absolute atomic E-state index is 13.1. The van der Waals surface area contributed by atoms with Crippen LogP contribution in [0.15, 0.2) is 27.7 Å². The number of rotatable bonds is 5. The number of halogens is 6. The molecule has 0 aliphatic carbocycles. The van der Waals surface area contributed by atoms with Gasteiger partial charge in [0.05, 0.1) is 10.9 Å². The molecule has 0 fully saturated rings. The van der Waals surface area contributed by atoms with Gasteiger partial charge in [-0.25, -0.2) is 4.39 Å². The molecule has 0 heterocycles. The number of aliphatic imine (C=N–C) groups is 1. The van der Waals surface area contributed by atoms with Crippen molar-refractivity contribution in [2.24, 2.45) is 4.99 Å². The third-order valence-electron chi connectivity index (χ3n) is 2.61. The Balaban J connectivity index is 0.00000441. The Hall–Kier alpha value is -0.580. The summed E-state index contributed by atoms with van der Waals surface area (Å²) in [5.41, 5.74) is 0.904. The van der Waals surface area contributed by atoms with Crippen molar-refractivity contribution in [3.8, 4) is 0 Å². The van der Waals surface area contributed by atoms with Gasteiger partial charge in [0.2, 0.25) is 0 Å². The minimum absolute atomic E-state index is 0. The van der Waals surface area contributed by atoms with Gasteiger partial charge in [-0.05, 0) is 40.0 Å². The zero-order valence-corrected chi connectivity index (χ0v) is 15.7. The summed E-state index contributed by atoms with van der Waals surface area (Å²) in [6.45, 7) is 0.245. The molecule has 3 nitrogen and oxygen atoms in total.